The first-order valence-electron chi connectivity index (χ1n) is 10.1. The predicted molar refractivity (Wildman–Crippen MR) is 102 cm³/mol. The third-order valence-electron chi connectivity index (χ3n) is 6.68. The molecule has 0 radical (unpaired) electrons. The van der Waals surface area contributed by atoms with Crippen molar-refractivity contribution in [2.45, 2.75) is 37.4 Å². The highest BCUT2D eigenvalue weighted by Gasteiger charge is 2.55. The number of aliphatic imine (C=N–C) groups is 1. The molecule has 26 heavy (non-hydrogen) atoms. The van der Waals surface area contributed by atoms with Crippen LogP contribution >= 0.6 is 0 Å². The topological polar surface area (TPSA) is 46.1 Å². The van der Waals surface area contributed by atoms with Gasteiger partial charge < -0.3 is 19.7 Å². The average Bonchev–Trinajstić information content (AvgIpc) is 3.07. The highest BCUT2D eigenvalue weighted by molar-refractivity contribution is 5.80. The van der Waals surface area contributed by atoms with E-state index in [1.807, 2.05) is 7.05 Å². The first-order valence-corrected chi connectivity index (χ1v) is 10.1. The van der Waals surface area contributed by atoms with Crippen LogP contribution in [-0.2, 0) is 15.9 Å². The summed E-state index contributed by atoms with van der Waals surface area (Å²) in [5.74, 6) is 3.38. The van der Waals surface area contributed by atoms with Gasteiger partial charge >= 0.3 is 0 Å². The van der Waals surface area contributed by atoms with Crippen LogP contribution in [-0.4, -0.2) is 63.0 Å². The van der Waals surface area contributed by atoms with Crippen LogP contribution in [0.15, 0.2) is 29.3 Å². The zero-order chi connectivity index (χ0) is 17.5. The van der Waals surface area contributed by atoms with Gasteiger partial charge in [0.1, 0.15) is 6.10 Å². The van der Waals surface area contributed by atoms with Crippen molar-refractivity contribution in [1.82, 2.24) is 10.2 Å². The summed E-state index contributed by atoms with van der Waals surface area (Å²) in [7, 11) is 1.89. The molecule has 2 saturated heterocycles. The van der Waals surface area contributed by atoms with Crippen molar-refractivity contribution in [3.8, 4) is 0 Å². The van der Waals surface area contributed by atoms with Crippen LogP contribution in [0.3, 0.4) is 0 Å². The summed E-state index contributed by atoms with van der Waals surface area (Å²) in [6, 6.07) is 8.97. The predicted octanol–water partition coefficient (Wildman–Crippen LogP) is 2.03. The molecule has 1 aromatic rings. The number of guanidine groups is 1. The molecule has 0 aromatic heterocycles. The summed E-state index contributed by atoms with van der Waals surface area (Å²) in [6.07, 6.45) is 3.97. The fraction of sp³-hybridized carbons (Fsp3) is 0.667. The number of hydrogen-bond acceptors (Lipinski definition) is 3. The number of fused-ring (bicyclic) bond motifs is 3. The lowest BCUT2D eigenvalue weighted by Gasteiger charge is -2.37. The maximum Gasteiger partial charge on any atom is 0.193 e. The summed E-state index contributed by atoms with van der Waals surface area (Å²) in [6.45, 7) is 4.45. The Bertz CT molecular complexity index is 686. The molecule has 5 nitrogen and oxygen atoms in total. The monoisotopic (exact) mass is 355 g/mol. The molecule has 3 fully saturated rings. The van der Waals surface area contributed by atoms with Crippen LogP contribution in [0.5, 0.6) is 0 Å². The van der Waals surface area contributed by atoms with Crippen LogP contribution in [0, 0.1) is 11.8 Å². The van der Waals surface area contributed by atoms with Gasteiger partial charge in [-0.25, -0.2) is 0 Å². The Morgan fingerprint density at radius 2 is 2.12 bits per heavy atom. The molecule has 1 saturated carbocycles. The van der Waals surface area contributed by atoms with Crippen LogP contribution in [0.1, 0.15) is 29.9 Å². The number of morpholine rings is 1. The molecule has 2 aliphatic carbocycles. The number of hydrogen-bond donors (Lipinski definition) is 1. The van der Waals surface area contributed by atoms with E-state index in [0.717, 1.165) is 69.4 Å². The Kier molecular flexibility index (Phi) is 4.37. The van der Waals surface area contributed by atoms with Crippen molar-refractivity contribution in [3.05, 3.63) is 35.4 Å². The summed E-state index contributed by atoms with van der Waals surface area (Å²) in [5.41, 5.74) is 3.15. The van der Waals surface area contributed by atoms with Crippen molar-refractivity contribution in [1.29, 1.82) is 0 Å². The minimum atomic E-state index is 0.178. The van der Waals surface area contributed by atoms with E-state index >= 15 is 0 Å². The van der Waals surface area contributed by atoms with Gasteiger partial charge in [-0.3, -0.25) is 4.99 Å². The van der Waals surface area contributed by atoms with Gasteiger partial charge in [-0.2, -0.15) is 0 Å². The number of nitrogens with zero attached hydrogens (tertiary/aromatic N) is 2. The van der Waals surface area contributed by atoms with Crippen LogP contribution in [0.25, 0.3) is 0 Å². The minimum Gasteiger partial charge on any atom is -0.375 e. The van der Waals surface area contributed by atoms with Gasteiger partial charge in [-0.1, -0.05) is 24.3 Å². The molecule has 140 valence electrons. The second kappa shape index (κ2) is 6.86. The Labute approximate surface area is 155 Å². The van der Waals surface area contributed by atoms with Crippen molar-refractivity contribution >= 4 is 5.96 Å². The summed E-state index contributed by atoms with van der Waals surface area (Å²) in [4.78, 5) is 6.89. The molecule has 4 aliphatic rings. The van der Waals surface area contributed by atoms with Crippen molar-refractivity contribution in [2.24, 2.45) is 16.8 Å². The van der Waals surface area contributed by atoms with E-state index in [-0.39, 0.29) is 12.2 Å². The van der Waals surface area contributed by atoms with Crippen LogP contribution < -0.4 is 5.32 Å². The van der Waals surface area contributed by atoms with E-state index in [4.69, 9.17) is 9.47 Å². The molecule has 0 bridgehead atoms. The first-order chi connectivity index (χ1) is 12.8. The van der Waals surface area contributed by atoms with Crippen LogP contribution in [0.2, 0.25) is 0 Å². The molecule has 1 aromatic carbocycles. The van der Waals surface area contributed by atoms with E-state index in [1.54, 1.807) is 11.1 Å². The standard InChI is InChI=1S/C21H29N3O2/c1-22-21(24-8-10-26-19(13-24)18-7-4-9-25-18)23-12-17-16-11-14-5-2-3-6-15(14)20(16)17/h2-3,5-6,16-20H,4,7-13H2,1H3,(H,22,23). The van der Waals surface area contributed by atoms with Gasteiger partial charge in [0.2, 0.25) is 0 Å². The van der Waals surface area contributed by atoms with Crippen LogP contribution in [0.4, 0.5) is 0 Å². The normalized spacial score (nSPS) is 36.0. The van der Waals surface area contributed by atoms with Gasteiger partial charge in [0.15, 0.2) is 5.96 Å². The molecule has 5 rings (SSSR count). The number of rotatable bonds is 3. The fourth-order valence-electron chi connectivity index (χ4n) is 5.29. The van der Waals surface area contributed by atoms with E-state index in [0.29, 0.717) is 0 Å². The zero-order valence-electron chi connectivity index (χ0n) is 15.6. The lowest BCUT2D eigenvalue weighted by molar-refractivity contribution is -0.0817. The Balaban J connectivity index is 1.17. The third kappa shape index (κ3) is 2.91. The second-order valence-electron chi connectivity index (χ2n) is 8.09. The molecule has 2 aliphatic heterocycles. The van der Waals surface area contributed by atoms with E-state index in [2.05, 4.69) is 39.5 Å². The molecule has 5 unspecified atom stereocenters. The molecular weight excluding hydrogens is 326 g/mol. The van der Waals surface area contributed by atoms with Crippen molar-refractivity contribution < 1.29 is 9.47 Å². The molecule has 2 heterocycles. The zero-order valence-corrected chi connectivity index (χ0v) is 15.6. The highest BCUT2D eigenvalue weighted by Crippen LogP contribution is 2.60. The molecule has 5 atom stereocenters. The summed E-state index contributed by atoms with van der Waals surface area (Å²) >= 11 is 0. The maximum atomic E-state index is 5.97. The van der Waals surface area contributed by atoms with Crippen molar-refractivity contribution in [3.63, 3.8) is 0 Å². The quantitative estimate of drug-likeness (QED) is 0.666. The van der Waals surface area contributed by atoms with Gasteiger partial charge in [-0.05, 0) is 48.1 Å². The largest absolute Gasteiger partial charge is 0.375 e. The number of nitrogens with one attached hydrogen (secondary N) is 1. The molecule has 0 amide bonds. The lowest BCUT2D eigenvalue weighted by Crippen LogP contribution is -2.53. The summed E-state index contributed by atoms with van der Waals surface area (Å²) < 4.78 is 11.8. The number of benzene rings is 1. The minimum absolute atomic E-state index is 0.178. The Hall–Kier alpha value is -1.59. The maximum absolute atomic E-state index is 5.97. The molecule has 0 spiro atoms. The van der Waals surface area contributed by atoms with Gasteiger partial charge in [0.25, 0.3) is 0 Å². The molecular formula is C21H29N3O2. The van der Waals surface area contributed by atoms with Gasteiger partial charge in [-0.15, -0.1) is 0 Å². The third-order valence-corrected chi connectivity index (χ3v) is 6.68. The van der Waals surface area contributed by atoms with E-state index < -0.39 is 0 Å². The Morgan fingerprint density at radius 1 is 1.23 bits per heavy atom. The summed E-state index contributed by atoms with van der Waals surface area (Å²) in [5, 5.41) is 3.65. The molecule has 1 N–H and O–H groups in total. The molecule has 5 heteroatoms. The van der Waals surface area contributed by atoms with E-state index in [1.165, 1.54) is 6.42 Å². The van der Waals surface area contributed by atoms with Gasteiger partial charge in [0.05, 0.1) is 12.7 Å². The fourth-order valence-corrected chi connectivity index (χ4v) is 5.29. The highest BCUT2D eigenvalue weighted by atomic mass is 16.5. The average molecular weight is 355 g/mol. The SMILES string of the molecule is CN=C(NCC1C2Cc3ccccc3C12)N1CCOC(C2CCCO2)C1. The van der Waals surface area contributed by atoms with Crippen molar-refractivity contribution in [2.75, 3.05) is 39.9 Å². The number of ether oxygens (including phenoxy) is 2. The van der Waals surface area contributed by atoms with Gasteiger partial charge in [0, 0.05) is 33.3 Å². The second-order valence-corrected chi connectivity index (χ2v) is 8.09. The smallest absolute Gasteiger partial charge is 0.193 e. The Morgan fingerprint density at radius 3 is 2.96 bits per heavy atom. The van der Waals surface area contributed by atoms with E-state index in [9.17, 15) is 0 Å². The first kappa shape index (κ1) is 16.6. The lowest BCUT2D eigenvalue weighted by atomic mass is 10.0.